The summed E-state index contributed by atoms with van der Waals surface area (Å²) in [6.45, 7) is 5.54. The van der Waals surface area contributed by atoms with Gasteiger partial charge < -0.3 is 9.73 Å². The number of furan rings is 1. The molecule has 1 N–H and O–H groups in total. The predicted molar refractivity (Wildman–Crippen MR) is 75.0 cm³/mol. The van der Waals surface area contributed by atoms with Gasteiger partial charge in [-0.3, -0.25) is 0 Å². The smallest absolute Gasteiger partial charge is 0.152 e. The van der Waals surface area contributed by atoms with Gasteiger partial charge in [-0.1, -0.05) is 37.6 Å². The van der Waals surface area contributed by atoms with Crippen LogP contribution in [0, 0.1) is 5.92 Å². The number of hydrogen-bond donors (Lipinski definition) is 1. The van der Waals surface area contributed by atoms with Gasteiger partial charge >= 0.3 is 0 Å². The molecule has 1 aliphatic heterocycles. The molecule has 0 amide bonds. The van der Waals surface area contributed by atoms with E-state index < -0.39 is 0 Å². The Labute approximate surface area is 112 Å². The predicted octanol–water partition coefficient (Wildman–Crippen LogP) is 4.32. The Kier molecular flexibility index (Phi) is 2.87. The molecule has 3 rings (SSSR count). The number of fused-ring (bicyclic) bond motifs is 1. The first-order valence-corrected chi connectivity index (χ1v) is 6.95. The Balaban J connectivity index is 2.16. The van der Waals surface area contributed by atoms with Gasteiger partial charge in [0.05, 0.1) is 10.6 Å². The molecule has 2 nitrogen and oxygen atoms in total. The monoisotopic (exact) mass is 263 g/mol. The van der Waals surface area contributed by atoms with E-state index >= 15 is 0 Å². The zero-order valence-electron chi connectivity index (χ0n) is 10.8. The van der Waals surface area contributed by atoms with Gasteiger partial charge in [-0.05, 0) is 37.4 Å². The summed E-state index contributed by atoms with van der Waals surface area (Å²) in [6.07, 6.45) is 2.32. The maximum Gasteiger partial charge on any atom is 0.152 e. The number of halogens is 1. The van der Waals surface area contributed by atoms with E-state index in [1.54, 1.807) is 0 Å². The van der Waals surface area contributed by atoms with Gasteiger partial charge in [0, 0.05) is 5.39 Å². The minimum absolute atomic E-state index is 0.0254. The van der Waals surface area contributed by atoms with E-state index in [-0.39, 0.29) is 5.54 Å². The highest BCUT2D eigenvalue weighted by atomic mass is 35.5. The first-order valence-electron chi connectivity index (χ1n) is 6.57. The second-order valence-electron chi connectivity index (χ2n) is 5.43. The van der Waals surface area contributed by atoms with Crippen molar-refractivity contribution in [2.75, 3.05) is 6.54 Å². The molecular formula is C15H18ClNO. The summed E-state index contributed by atoms with van der Waals surface area (Å²) < 4.78 is 6.05. The zero-order valence-corrected chi connectivity index (χ0v) is 11.6. The van der Waals surface area contributed by atoms with Crippen molar-refractivity contribution in [2.24, 2.45) is 5.92 Å². The number of para-hydroxylation sites is 1. The quantitative estimate of drug-likeness (QED) is 0.873. The fraction of sp³-hybridized carbons (Fsp3) is 0.467. The third-order valence-corrected chi connectivity index (χ3v) is 4.41. The molecule has 1 fully saturated rings. The third kappa shape index (κ3) is 1.67. The van der Waals surface area contributed by atoms with Crippen molar-refractivity contribution in [1.82, 2.24) is 5.32 Å². The molecular weight excluding hydrogens is 246 g/mol. The van der Waals surface area contributed by atoms with Crippen molar-refractivity contribution in [3.8, 4) is 0 Å². The average molecular weight is 264 g/mol. The summed E-state index contributed by atoms with van der Waals surface area (Å²) in [4.78, 5) is 0. The Morgan fingerprint density at radius 3 is 2.83 bits per heavy atom. The van der Waals surface area contributed by atoms with Crippen LogP contribution >= 0.6 is 11.6 Å². The van der Waals surface area contributed by atoms with Crippen LogP contribution in [0.2, 0.25) is 5.02 Å². The number of hydrogen-bond acceptors (Lipinski definition) is 2. The Morgan fingerprint density at radius 2 is 2.22 bits per heavy atom. The standard InChI is InChI=1S/C15H18ClNO/c1-10(2)15(7-4-8-17-15)13-9-11-5-3-6-12(16)14(11)18-13/h3,5-6,9-10,17H,4,7-8H2,1-2H3. The molecule has 0 aliphatic carbocycles. The van der Waals surface area contributed by atoms with E-state index in [9.17, 15) is 0 Å². The van der Waals surface area contributed by atoms with Crippen LogP contribution in [0.25, 0.3) is 11.0 Å². The number of rotatable bonds is 2. The lowest BCUT2D eigenvalue weighted by Gasteiger charge is -2.31. The highest BCUT2D eigenvalue weighted by molar-refractivity contribution is 6.34. The topological polar surface area (TPSA) is 25.2 Å². The summed E-state index contributed by atoms with van der Waals surface area (Å²) in [7, 11) is 0. The van der Waals surface area contributed by atoms with Crippen LogP contribution in [-0.2, 0) is 5.54 Å². The van der Waals surface area contributed by atoms with Gasteiger partial charge in [0.2, 0.25) is 0 Å². The zero-order chi connectivity index (χ0) is 12.8. The minimum Gasteiger partial charge on any atom is -0.458 e. The summed E-state index contributed by atoms with van der Waals surface area (Å²) in [5.41, 5.74) is 0.783. The van der Waals surface area contributed by atoms with Crippen LogP contribution in [0.5, 0.6) is 0 Å². The van der Waals surface area contributed by atoms with E-state index in [4.69, 9.17) is 16.0 Å². The van der Waals surface area contributed by atoms with Gasteiger partial charge in [-0.25, -0.2) is 0 Å². The van der Waals surface area contributed by atoms with Crippen LogP contribution in [0.15, 0.2) is 28.7 Å². The first kappa shape index (κ1) is 12.1. The molecule has 2 heterocycles. The maximum atomic E-state index is 6.19. The maximum absolute atomic E-state index is 6.19. The van der Waals surface area contributed by atoms with Crippen LogP contribution in [0.3, 0.4) is 0 Å². The van der Waals surface area contributed by atoms with Crippen molar-refractivity contribution in [2.45, 2.75) is 32.2 Å². The molecule has 2 aromatic rings. The highest BCUT2D eigenvalue weighted by Gasteiger charge is 2.41. The largest absolute Gasteiger partial charge is 0.458 e. The fourth-order valence-electron chi connectivity index (χ4n) is 3.00. The molecule has 0 bridgehead atoms. The van der Waals surface area contributed by atoms with Gasteiger partial charge in [-0.2, -0.15) is 0 Å². The fourth-order valence-corrected chi connectivity index (χ4v) is 3.22. The lowest BCUT2D eigenvalue weighted by atomic mass is 9.82. The second kappa shape index (κ2) is 4.29. The Hall–Kier alpha value is -0.990. The molecule has 0 saturated carbocycles. The molecule has 1 aromatic carbocycles. The van der Waals surface area contributed by atoms with Crippen molar-refractivity contribution < 1.29 is 4.42 Å². The molecule has 18 heavy (non-hydrogen) atoms. The molecule has 1 aliphatic rings. The van der Waals surface area contributed by atoms with Crippen molar-refractivity contribution >= 4 is 22.6 Å². The highest BCUT2D eigenvalue weighted by Crippen LogP contribution is 2.41. The molecule has 1 aromatic heterocycles. The lowest BCUT2D eigenvalue weighted by Crippen LogP contribution is -2.41. The molecule has 1 saturated heterocycles. The SMILES string of the molecule is CC(C)C1(c2cc3cccc(Cl)c3o2)CCCN1. The summed E-state index contributed by atoms with van der Waals surface area (Å²) in [5, 5.41) is 5.41. The van der Waals surface area contributed by atoms with E-state index in [0.29, 0.717) is 10.9 Å². The van der Waals surface area contributed by atoms with Crippen molar-refractivity contribution in [3.63, 3.8) is 0 Å². The van der Waals surface area contributed by atoms with E-state index in [1.165, 1.54) is 6.42 Å². The second-order valence-corrected chi connectivity index (χ2v) is 5.83. The van der Waals surface area contributed by atoms with Crippen LogP contribution in [-0.4, -0.2) is 6.54 Å². The first-order chi connectivity index (χ1) is 8.63. The summed E-state index contributed by atoms with van der Waals surface area (Å²) in [6, 6.07) is 8.03. The normalized spacial score (nSPS) is 24.2. The molecule has 96 valence electrons. The number of benzene rings is 1. The molecule has 0 spiro atoms. The van der Waals surface area contributed by atoms with Gasteiger partial charge in [-0.15, -0.1) is 0 Å². The van der Waals surface area contributed by atoms with Gasteiger partial charge in [0.25, 0.3) is 0 Å². The molecule has 1 atom stereocenters. The van der Waals surface area contributed by atoms with E-state index in [1.807, 2.05) is 12.1 Å². The third-order valence-electron chi connectivity index (χ3n) is 4.11. The number of nitrogens with one attached hydrogen (secondary N) is 1. The van der Waals surface area contributed by atoms with Gasteiger partial charge in [0.15, 0.2) is 5.58 Å². The summed E-state index contributed by atoms with van der Waals surface area (Å²) in [5.74, 6) is 1.53. The van der Waals surface area contributed by atoms with Crippen LogP contribution < -0.4 is 5.32 Å². The van der Waals surface area contributed by atoms with Crippen LogP contribution in [0.4, 0.5) is 0 Å². The Morgan fingerprint density at radius 1 is 1.39 bits per heavy atom. The van der Waals surface area contributed by atoms with Gasteiger partial charge in [0.1, 0.15) is 5.76 Å². The Bertz CT molecular complexity index is 567. The van der Waals surface area contributed by atoms with E-state index in [0.717, 1.165) is 29.7 Å². The average Bonchev–Trinajstić information content (AvgIpc) is 2.96. The minimum atomic E-state index is -0.0254. The summed E-state index contributed by atoms with van der Waals surface area (Å²) >= 11 is 6.19. The van der Waals surface area contributed by atoms with Crippen LogP contribution in [0.1, 0.15) is 32.4 Å². The molecule has 1 unspecified atom stereocenters. The molecule has 0 radical (unpaired) electrons. The lowest BCUT2D eigenvalue weighted by molar-refractivity contribution is 0.231. The molecule has 3 heteroatoms. The van der Waals surface area contributed by atoms with Crippen molar-refractivity contribution in [3.05, 3.63) is 35.0 Å². The van der Waals surface area contributed by atoms with E-state index in [2.05, 4.69) is 31.3 Å². The van der Waals surface area contributed by atoms with Crippen molar-refractivity contribution in [1.29, 1.82) is 0 Å².